The minimum absolute atomic E-state index is 0.0654. The second-order valence-corrected chi connectivity index (χ2v) is 8.54. The Morgan fingerprint density at radius 2 is 1.66 bits per heavy atom. The number of carbonyl (C=O) groups excluding carboxylic acids is 2. The van der Waals surface area contributed by atoms with E-state index >= 15 is 0 Å². The summed E-state index contributed by atoms with van der Waals surface area (Å²) in [6, 6.07) is 15.8. The first-order valence-corrected chi connectivity index (χ1v) is 11.2. The SMILES string of the molecule is CCCS(=O)(=O)NC(=O)C(Cc1ccc(N)cc1)C(=O)N(CC)c1ccccc1. The molecule has 8 heteroatoms. The average molecular weight is 418 g/mol. The molecule has 2 aromatic carbocycles. The van der Waals surface area contributed by atoms with Gasteiger partial charge in [-0.1, -0.05) is 37.3 Å². The molecule has 1 atom stereocenters. The number of sulfonamides is 1. The zero-order valence-electron chi connectivity index (χ0n) is 16.7. The van der Waals surface area contributed by atoms with E-state index in [1.807, 2.05) is 6.07 Å². The van der Waals surface area contributed by atoms with Gasteiger partial charge in [-0.2, -0.15) is 0 Å². The fraction of sp³-hybridized carbons (Fsp3) is 0.333. The lowest BCUT2D eigenvalue weighted by atomic mass is 9.96. The van der Waals surface area contributed by atoms with E-state index in [0.29, 0.717) is 29.9 Å². The summed E-state index contributed by atoms with van der Waals surface area (Å²) >= 11 is 0. The Hall–Kier alpha value is -2.87. The Bertz CT molecular complexity index is 928. The maximum absolute atomic E-state index is 13.3. The van der Waals surface area contributed by atoms with Crippen LogP contribution in [0.15, 0.2) is 54.6 Å². The van der Waals surface area contributed by atoms with E-state index in [9.17, 15) is 18.0 Å². The van der Waals surface area contributed by atoms with Crippen LogP contribution in [-0.2, 0) is 26.0 Å². The van der Waals surface area contributed by atoms with Crippen molar-refractivity contribution in [3.05, 3.63) is 60.2 Å². The number of anilines is 2. The molecule has 0 aliphatic carbocycles. The third kappa shape index (κ3) is 6.32. The van der Waals surface area contributed by atoms with Gasteiger partial charge in [0.05, 0.1) is 5.75 Å². The van der Waals surface area contributed by atoms with Crippen LogP contribution in [0.1, 0.15) is 25.8 Å². The van der Waals surface area contributed by atoms with Gasteiger partial charge in [0, 0.05) is 17.9 Å². The maximum atomic E-state index is 13.3. The van der Waals surface area contributed by atoms with E-state index in [4.69, 9.17) is 5.73 Å². The van der Waals surface area contributed by atoms with Gasteiger partial charge in [0.25, 0.3) is 0 Å². The first-order chi connectivity index (χ1) is 13.8. The van der Waals surface area contributed by atoms with E-state index in [1.165, 1.54) is 4.90 Å². The molecule has 29 heavy (non-hydrogen) atoms. The van der Waals surface area contributed by atoms with Crippen LogP contribution >= 0.6 is 0 Å². The van der Waals surface area contributed by atoms with Crippen LogP contribution in [0.4, 0.5) is 11.4 Å². The number of hydrogen-bond acceptors (Lipinski definition) is 5. The maximum Gasteiger partial charge on any atom is 0.246 e. The summed E-state index contributed by atoms with van der Waals surface area (Å²) < 4.78 is 26.3. The van der Waals surface area contributed by atoms with Crippen molar-refractivity contribution >= 4 is 33.2 Å². The molecule has 0 radical (unpaired) electrons. The van der Waals surface area contributed by atoms with Gasteiger partial charge in [-0.05, 0) is 49.6 Å². The fourth-order valence-electron chi connectivity index (χ4n) is 2.99. The lowest BCUT2D eigenvalue weighted by Crippen LogP contribution is -2.46. The highest BCUT2D eigenvalue weighted by molar-refractivity contribution is 7.90. The highest BCUT2D eigenvalue weighted by atomic mass is 32.2. The van der Waals surface area contributed by atoms with Gasteiger partial charge < -0.3 is 10.6 Å². The van der Waals surface area contributed by atoms with Crippen LogP contribution in [0, 0.1) is 5.92 Å². The number of hydrogen-bond donors (Lipinski definition) is 2. The number of nitrogens with zero attached hydrogens (tertiary/aromatic N) is 1. The van der Waals surface area contributed by atoms with Crippen molar-refractivity contribution in [2.45, 2.75) is 26.7 Å². The van der Waals surface area contributed by atoms with Gasteiger partial charge in [-0.25, -0.2) is 8.42 Å². The summed E-state index contributed by atoms with van der Waals surface area (Å²) in [6.07, 6.45) is 0.431. The second kappa shape index (κ2) is 10.1. The van der Waals surface area contributed by atoms with Crippen LogP contribution in [0.5, 0.6) is 0 Å². The molecule has 0 aliphatic rings. The number of nitrogens with one attached hydrogen (secondary N) is 1. The quantitative estimate of drug-likeness (QED) is 0.481. The highest BCUT2D eigenvalue weighted by Crippen LogP contribution is 2.20. The van der Waals surface area contributed by atoms with Crippen molar-refractivity contribution in [3.8, 4) is 0 Å². The topological polar surface area (TPSA) is 110 Å². The third-order valence-electron chi connectivity index (χ3n) is 4.41. The molecule has 2 aromatic rings. The predicted octanol–water partition coefficient (Wildman–Crippen LogP) is 2.34. The number of amides is 2. The molecule has 0 bridgehead atoms. The van der Waals surface area contributed by atoms with E-state index < -0.39 is 27.8 Å². The normalized spacial score (nSPS) is 12.2. The Balaban J connectivity index is 2.35. The summed E-state index contributed by atoms with van der Waals surface area (Å²) in [6.45, 7) is 3.85. The molecule has 0 aromatic heterocycles. The smallest absolute Gasteiger partial charge is 0.246 e. The Kier molecular flexibility index (Phi) is 7.78. The van der Waals surface area contributed by atoms with Crippen molar-refractivity contribution in [1.29, 1.82) is 0 Å². The molecular formula is C21H27N3O4S. The average Bonchev–Trinajstić information content (AvgIpc) is 2.68. The summed E-state index contributed by atoms with van der Waals surface area (Å²) in [5.74, 6) is -2.66. The fourth-order valence-corrected chi connectivity index (χ4v) is 4.08. The highest BCUT2D eigenvalue weighted by Gasteiger charge is 2.33. The number of carbonyl (C=O) groups is 2. The number of rotatable bonds is 9. The van der Waals surface area contributed by atoms with Crippen molar-refractivity contribution in [3.63, 3.8) is 0 Å². The van der Waals surface area contributed by atoms with Gasteiger partial charge in [0.15, 0.2) is 0 Å². The molecule has 2 rings (SSSR count). The molecule has 0 aliphatic heterocycles. The van der Waals surface area contributed by atoms with Crippen molar-refractivity contribution in [1.82, 2.24) is 4.72 Å². The second-order valence-electron chi connectivity index (χ2n) is 6.70. The number of nitrogens with two attached hydrogens (primary N) is 1. The summed E-state index contributed by atoms with van der Waals surface area (Å²) in [5, 5.41) is 0. The van der Waals surface area contributed by atoms with Crippen molar-refractivity contribution in [2.24, 2.45) is 5.92 Å². The lowest BCUT2D eigenvalue weighted by Gasteiger charge is -2.26. The van der Waals surface area contributed by atoms with Crippen LogP contribution in [-0.4, -0.2) is 32.5 Å². The lowest BCUT2D eigenvalue weighted by molar-refractivity contribution is -0.132. The van der Waals surface area contributed by atoms with Crippen molar-refractivity contribution in [2.75, 3.05) is 22.9 Å². The van der Waals surface area contributed by atoms with Crippen LogP contribution in [0.3, 0.4) is 0 Å². The monoisotopic (exact) mass is 417 g/mol. The molecular weight excluding hydrogens is 390 g/mol. The largest absolute Gasteiger partial charge is 0.399 e. The Morgan fingerprint density at radius 1 is 1.03 bits per heavy atom. The van der Waals surface area contributed by atoms with Gasteiger partial charge in [0.2, 0.25) is 21.8 Å². The van der Waals surface area contributed by atoms with E-state index in [0.717, 1.165) is 0 Å². The first-order valence-electron chi connectivity index (χ1n) is 9.52. The molecule has 0 saturated heterocycles. The van der Waals surface area contributed by atoms with Crippen LogP contribution in [0.25, 0.3) is 0 Å². The predicted molar refractivity (Wildman–Crippen MR) is 115 cm³/mol. The Morgan fingerprint density at radius 3 is 2.21 bits per heavy atom. The molecule has 7 nitrogen and oxygen atoms in total. The van der Waals surface area contributed by atoms with Crippen molar-refractivity contribution < 1.29 is 18.0 Å². The zero-order valence-corrected chi connectivity index (χ0v) is 17.5. The molecule has 156 valence electrons. The molecule has 0 spiro atoms. The van der Waals surface area contributed by atoms with Crippen LogP contribution < -0.4 is 15.4 Å². The Labute approximate surface area is 172 Å². The molecule has 2 amide bonds. The summed E-state index contributed by atoms with van der Waals surface area (Å²) in [7, 11) is -3.80. The number of nitrogen functional groups attached to an aromatic ring is 1. The molecule has 0 heterocycles. The molecule has 1 unspecified atom stereocenters. The molecule has 0 fully saturated rings. The van der Waals surface area contributed by atoms with Gasteiger partial charge in [-0.3, -0.25) is 14.3 Å². The first kappa shape index (κ1) is 22.4. The van der Waals surface area contributed by atoms with E-state index in [1.54, 1.807) is 62.4 Å². The summed E-state index contributed by atoms with van der Waals surface area (Å²) in [4.78, 5) is 27.6. The number of para-hydroxylation sites is 1. The van der Waals surface area contributed by atoms with Gasteiger partial charge in [0.1, 0.15) is 5.92 Å². The standard InChI is InChI=1S/C21H27N3O4S/c1-3-14-29(27,28)23-20(25)19(15-16-10-12-17(22)13-11-16)21(26)24(4-2)18-8-6-5-7-9-18/h5-13,19H,3-4,14-15,22H2,1-2H3,(H,23,25). The van der Waals surface area contributed by atoms with E-state index in [2.05, 4.69) is 4.72 Å². The van der Waals surface area contributed by atoms with E-state index in [-0.39, 0.29) is 12.2 Å². The zero-order chi connectivity index (χ0) is 21.4. The van der Waals surface area contributed by atoms with Crippen LogP contribution in [0.2, 0.25) is 0 Å². The number of benzene rings is 2. The minimum Gasteiger partial charge on any atom is -0.399 e. The molecule has 3 N–H and O–H groups in total. The van der Waals surface area contributed by atoms with Gasteiger partial charge in [-0.15, -0.1) is 0 Å². The minimum atomic E-state index is -3.80. The summed E-state index contributed by atoms with van der Waals surface area (Å²) in [5.41, 5.74) is 7.62. The third-order valence-corrected chi connectivity index (χ3v) is 5.87. The van der Waals surface area contributed by atoms with Gasteiger partial charge >= 0.3 is 0 Å². The molecule has 0 saturated carbocycles.